The van der Waals surface area contributed by atoms with Crippen molar-refractivity contribution in [2.75, 3.05) is 5.32 Å². The first-order chi connectivity index (χ1) is 10.2. The molecular formula is C15H17N5O. The molecule has 3 aromatic rings. The van der Waals surface area contributed by atoms with Crippen molar-refractivity contribution in [3.05, 3.63) is 48.4 Å². The van der Waals surface area contributed by atoms with Gasteiger partial charge in [0.25, 0.3) is 0 Å². The van der Waals surface area contributed by atoms with E-state index in [0.717, 1.165) is 29.3 Å². The van der Waals surface area contributed by atoms with Crippen molar-refractivity contribution in [1.82, 2.24) is 20.2 Å². The molecule has 6 nitrogen and oxygen atoms in total. The molecule has 108 valence electrons. The molecule has 1 N–H and O–H groups in total. The number of aromatic nitrogens is 4. The zero-order chi connectivity index (χ0) is 14.7. The minimum atomic E-state index is 0.268. The molecule has 0 fully saturated rings. The zero-order valence-electron chi connectivity index (χ0n) is 12.0. The van der Waals surface area contributed by atoms with Gasteiger partial charge in [-0.1, -0.05) is 12.1 Å². The summed E-state index contributed by atoms with van der Waals surface area (Å²) >= 11 is 0. The molecule has 6 heteroatoms. The molecule has 1 unspecified atom stereocenters. The van der Waals surface area contributed by atoms with Crippen LogP contribution in [-0.4, -0.2) is 26.2 Å². The highest BCUT2D eigenvalue weighted by Crippen LogP contribution is 2.20. The number of tetrazole rings is 1. The van der Waals surface area contributed by atoms with Crippen LogP contribution in [0, 0.1) is 0 Å². The Kier molecular flexibility index (Phi) is 3.68. The normalized spacial score (nSPS) is 12.3. The fourth-order valence-electron chi connectivity index (χ4n) is 2.29. The molecule has 0 aliphatic carbocycles. The number of aryl methyl sites for hydroxylation is 1. The van der Waals surface area contributed by atoms with Crippen molar-refractivity contribution in [1.29, 1.82) is 0 Å². The van der Waals surface area contributed by atoms with Crippen molar-refractivity contribution in [3.63, 3.8) is 0 Å². The first-order valence-corrected chi connectivity index (χ1v) is 6.84. The summed E-state index contributed by atoms with van der Waals surface area (Å²) in [6.07, 6.45) is 2.53. The molecule has 0 aliphatic heterocycles. The molecule has 21 heavy (non-hydrogen) atoms. The van der Waals surface area contributed by atoms with E-state index in [1.807, 2.05) is 43.4 Å². The summed E-state index contributed by atoms with van der Waals surface area (Å²) in [4.78, 5) is 0. The Morgan fingerprint density at radius 1 is 1.29 bits per heavy atom. The summed E-state index contributed by atoms with van der Waals surface area (Å²) < 4.78 is 7.03. The van der Waals surface area contributed by atoms with E-state index in [1.165, 1.54) is 0 Å². The lowest BCUT2D eigenvalue weighted by atomic mass is 10.1. The first-order valence-electron chi connectivity index (χ1n) is 6.84. The van der Waals surface area contributed by atoms with E-state index in [4.69, 9.17) is 4.42 Å². The Labute approximate surface area is 122 Å². The van der Waals surface area contributed by atoms with Gasteiger partial charge in [-0.3, -0.25) is 0 Å². The Bertz CT molecular complexity index is 704. The van der Waals surface area contributed by atoms with Gasteiger partial charge in [-0.15, -0.1) is 5.10 Å². The molecule has 1 aromatic carbocycles. The quantitative estimate of drug-likeness (QED) is 0.779. The fraction of sp³-hybridized carbons (Fsp3) is 0.267. The van der Waals surface area contributed by atoms with Crippen LogP contribution in [0.3, 0.4) is 0 Å². The maximum absolute atomic E-state index is 5.37. The van der Waals surface area contributed by atoms with Gasteiger partial charge in [-0.05, 0) is 41.6 Å². The summed E-state index contributed by atoms with van der Waals surface area (Å²) in [5, 5.41) is 15.0. The monoisotopic (exact) mass is 283 g/mol. The van der Waals surface area contributed by atoms with Crippen LogP contribution >= 0.6 is 0 Å². The molecule has 0 saturated carbocycles. The van der Waals surface area contributed by atoms with E-state index < -0.39 is 0 Å². The third kappa shape index (κ3) is 3.10. The Morgan fingerprint density at radius 3 is 2.90 bits per heavy atom. The largest absolute Gasteiger partial charge is 0.469 e. The number of nitrogens with one attached hydrogen (secondary N) is 1. The highest BCUT2D eigenvalue weighted by Gasteiger charge is 2.09. The van der Waals surface area contributed by atoms with Gasteiger partial charge in [0.05, 0.1) is 6.26 Å². The van der Waals surface area contributed by atoms with Gasteiger partial charge >= 0.3 is 0 Å². The molecule has 1 atom stereocenters. The van der Waals surface area contributed by atoms with Crippen molar-refractivity contribution < 1.29 is 4.42 Å². The van der Waals surface area contributed by atoms with E-state index >= 15 is 0 Å². The lowest BCUT2D eigenvalue weighted by molar-refractivity contribution is 0.498. The number of hydrogen-bond donors (Lipinski definition) is 1. The second kappa shape index (κ2) is 5.78. The van der Waals surface area contributed by atoms with Crippen LogP contribution in [0.15, 0.2) is 47.1 Å². The van der Waals surface area contributed by atoms with Crippen LogP contribution in [0.5, 0.6) is 0 Å². The van der Waals surface area contributed by atoms with E-state index in [1.54, 1.807) is 10.9 Å². The molecular weight excluding hydrogens is 266 g/mol. The smallest absolute Gasteiger partial charge is 0.181 e. The SMILES string of the molecule is CC(Cc1ccco1)Nc1cccc(-c2nnnn2C)c1. The maximum Gasteiger partial charge on any atom is 0.181 e. The average Bonchev–Trinajstić information content (AvgIpc) is 3.10. The average molecular weight is 283 g/mol. The predicted octanol–water partition coefficient (Wildman–Crippen LogP) is 2.51. The second-order valence-electron chi connectivity index (χ2n) is 5.04. The van der Waals surface area contributed by atoms with Gasteiger partial charge in [-0.25, -0.2) is 4.68 Å². The number of hydrogen-bond acceptors (Lipinski definition) is 5. The minimum Gasteiger partial charge on any atom is -0.469 e. The number of rotatable bonds is 5. The molecule has 0 saturated heterocycles. The van der Waals surface area contributed by atoms with Crippen LogP contribution in [0.4, 0.5) is 5.69 Å². The fourth-order valence-corrected chi connectivity index (χ4v) is 2.29. The van der Waals surface area contributed by atoms with E-state index in [2.05, 4.69) is 27.8 Å². The molecule has 0 spiro atoms. The summed E-state index contributed by atoms with van der Waals surface area (Å²) in [6, 6.07) is 12.2. The van der Waals surface area contributed by atoms with Crippen LogP contribution in [0.25, 0.3) is 11.4 Å². The van der Waals surface area contributed by atoms with Crippen LogP contribution in [0.1, 0.15) is 12.7 Å². The summed E-state index contributed by atoms with van der Waals surface area (Å²) in [5.41, 5.74) is 2.02. The van der Waals surface area contributed by atoms with Gasteiger partial charge in [0.2, 0.25) is 0 Å². The lowest BCUT2D eigenvalue weighted by Crippen LogP contribution is -2.17. The highest BCUT2D eigenvalue weighted by atomic mass is 16.3. The van der Waals surface area contributed by atoms with E-state index in [0.29, 0.717) is 0 Å². The van der Waals surface area contributed by atoms with Crippen LogP contribution in [-0.2, 0) is 13.5 Å². The third-order valence-corrected chi connectivity index (χ3v) is 3.24. The number of benzene rings is 1. The molecule has 0 amide bonds. The topological polar surface area (TPSA) is 68.8 Å². The number of furan rings is 1. The van der Waals surface area contributed by atoms with E-state index in [-0.39, 0.29) is 6.04 Å². The maximum atomic E-state index is 5.37. The minimum absolute atomic E-state index is 0.268. The van der Waals surface area contributed by atoms with Gasteiger partial charge in [0.15, 0.2) is 5.82 Å². The first kappa shape index (κ1) is 13.4. The molecule has 2 heterocycles. The highest BCUT2D eigenvalue weighted by molar-refractivity contribution is 5.62. The van der Waals surface area contributed by atoms with Gasteiger partial charge in [0, 0.05) is 30.8 Å². The van der Waals surface area contributed by atoms with Gasteiger partial charge < -0.3 is 9.73 Å². The zero-order valence-corrected chi connectivity index (χ0v) is 12.0. The standard InChI is InChI=1S/C15H17N5O/c1-11(9-14-7-4-8-21-14)16-13-6-3-5-12(10-13)15-17-18-19-20(15)2/h3-8,10-11,16H,9H2,1-2H3. The Morgan fingerprint density at radius 2 is 2.19 bits per heavy atom. The summed E-state index contributed by atoms with van der Waals surface area (Å²) in [5.74, 6) is 1.72. The Hall–Kier alpha value is -2.63. The molecule has 0 bridgehead atoms. The van der Waals surface area contributed by atoms with E-state index in [9.17, 15) is 0 Å². The number of anilines is 1. The molecule has 3 rings (SSSR count). The third-order valence-electron chi connectivity index (χ3n) is 3.24. The lowest BCUT2D eigenvalue weighted by Gasteiger charge is -2.14. The Balaban J connectivity index is 1.73. The van der Waals surface area contributed by atoms with Gasteiger partial charge in [-0.2, -0.15) is 0 Å². The van der Waals surface area contributed by atoms with Crippen LogP contribution in [0.2, 0.25) is 0 Å². The summed E-state index contributed by atoms with van der Waals surface area (Å²) in [7, 11) is 1.83. The summed E-state index contributed by atoms with van der Waals surface area (Å²) in [6.45, 7) is 2.12. The predicted molar refractivity (Wildman–Crippen MR) is 79.7 cm³/mol. The van der Waals surface area contributed by atoms with Crippen molar-refractivity contribution in [2.45, 2.75) is 19.4 Å². The van der Waals surface area contributed by atoms with Gasteiger partial charge in [0.1, 0.15) is 5.76 Å². The molecule has 2 aromatic heterocycles. The molecule has 0 aliphatic rings. The van der Waals surface area contributed by atoms with Crippen molar-refractivity contribution in [3.8, 4) is 11.4 Å². The number of nitrogens with zero attached hydrogens (tertiary/aromatic N) is 4. The molecule has 0 radical (unpaired) electrons. The van der Waals surface area contributed by atoms with Crippen molar-refractivity contribution in [2.24, 2.45) is 7.05 Å². The second-order valence-corrected chi connectivity index (χ2v) is 5.04. The van der Waals surface area contributed by atoms with Crippen molar-refractivity contribution >= 4 is 5.69 Å². The van der Waals surface area contributed by atoms with Crippen LogP contribution < -0.4 is 5.32 Å².